The number of carbonyl (C=O) groups is 3. The van der Waals surface area contributed by atoms with Crippen LogP contribution in [-0.2, 0) is 23.8 Å². The molecule has 9 heteroatoms. The van der Waals surface area contributed by atoms with Crippen LogP contribution in [0.15, 0.2) is 152 Å². The third kappa shape index (κ3) is 9.07. The Labute approximate surface area is 333 Å². The van der Waals surface area contributed by atoms with E-state index in [2.05, 4.69) is 77.9 Å². The number of hydrogen-bond donors (Lipinski definition) is 3. The molecule has 0 spiro atoms. The lowest BCUT2D eigenvalue weighted by Crippen LogP contribution is -2.55. The summed E-state index contributed by atoms with van der Waals surface area (Å²) in [7, 11) is 0. The topological polar surface area (TPSA) is 114 Å². The van der Waals surface area contributed by atoms with Gasteiger partial charge < -0.3 is 25.2 Å². The molecule has 288 valence electrons. The van der Waals surface area contributed by atoms with Crippen molar-refractivity contribution in [2.24, 2.45) is 5.92 Å². The Kier molecular flexibility index (Phi) is 13.4. The lowest BCUT2D eigenvalue weighted by Gasteiger charge is -2.37. The van der Waals surface area contributed by atoms with Gasteiger partial charge in [-0.2, -0.15) is 0 Å². The van der Waals surface area contributed by atoms with Gasteiger partial charge in [0.25, 0.3) is 0 Å². The molecule has 8 nitrogen and oxygen atoms in total. The molecule has 0 radical (unpaired) electrons. The number of rotatable bonds is 17. The summed E-state index contributed by atoms with van der Waals surface area (Å²) in [6.45, 7) is 7.34. The maximum Gasteiger partial charge on any atom is 0.407 e. The first-order chi connectivity index (χ1) is 27.2. The summed E-state index contributed by atoms with van der Waals surface area (Å²) in [5.41, 5.74) is 7.35. The number of fused-ring (bicyclic) bond motifs is 3. The van der Waals surface area contributed by atoms with Crippen molar-refractivity contribution in [2.75, 3.05) is 19.0 Å². The zero-order valence-electron chi connectivity index (χ0n) is 31.7. The highest BCUT2D eigenvalue weighted by Gasteiger charge is 2.40. The van der Waals surface area contributed by atoms with E-state index in [0.29, 0.717) is 0 Å². The van der Waals surface area contributed by atoms with Crippen molar-refractivity contribution < 1.29 is 29.0 Å². The number of thioether (sulfide) groups is 1. The second-order valence-electron chi connectivity index (χ2n) is 14.1. The fourth-order valence-electron chi connectivity index (χ4n) is 7.42. The quantitative estimate of drug-likeness (QED) is 0.0496. The summed E-state index contributed by atoms with van der Waals surface area (Å²) in [4.78, 5) is 40.7. The van der Waals surface area contributed by atoms with Crippen molar-refractivity contribution in [1.29, 1.82) is 0 Å². The molecule has 2 amide bonds. The predicted molar refractivity (Wildman–Crippen MR) is 222 cm³/mol. The Morgan fingerprint density at radius 1 is 0.732 bits per heavy atom. The Morgan fingerprint density at radius 3 is 1.70 bits per heavy atom. The minimum atomic E-state index is -1.24. The largest absolute Gasteiger partial charge is 0.461 e. The smallest absolute Gasteiger partial charge is 0.407 e. The molecule has 1 aliphatic rings. The van der Waals surface area contributed by atoms with Crippen LogP contribution in [0.25, 0.3) is 11.1 Å². The van der Waals surface area contributed by atoms with E-state index in [1.54, 1.807) is 0 Å². The van der Waals surface area contributed by atoms with Gasteiger partial charge >= 0.3 is 12.1 Å². The van der Waals surface area contributed by atoms with Crippen LogP contribution < -0.4 is 10.6 Å². The van der Waals surface area contributed by atoms with Gasteiger partial charge in [-0.25, -0.2) is 4.79 Å². The van der Waals surface area contributed by atoms with E-state index in [9.17, 15) is 19.5 Å². The number of hydrogen-bond acceptors (Lipinski definition) is 7. The van der Waals surface area contributed by atoms with Gasteiger partial charge in [-0.1, -0.05) is 166 Å². The molecular formula is C47H48N2O6S. The third-order valence-electron chi connectivity index (χ3n) is 10.1. The van der Waals surface area contributed by atoms with Crippen LogP contribution >= 0.6 is 11.8 Å². The molecule has 3 N–H and O–H groups in total. The summed E-state index contributed by atoms with van der Waals surface area (Å²) in [6.07, 6.45) is -0.859. The highest BCUT2D eigenvalue weighted by molar-refractivity contribution is 8.00. The molecular weight excluding hydrogens is 721 g/mol. The van der Waals surface area contributed by atoms with Crippen molar-refractivity contribution >= 4 is 29.7 Å². The third-order valence-corrected chi connectivity index (χ3v) is 11.8. The highest BCUT2D eigenvalue weighted by atomic mass is 32.2. The first-order valence-electron chi connectivity index (χ1n) is 18.9. The van der Waals surface area contributed by atoms with Gasteiger partial charge in [0.15, 0.2) is 0 Å². The number of alkyl carbamates (subject to hydrolysis) is 1. The summed E-state index contributed by atoms with van der Waals surface area (Å²) in [5, 5.41) is 17.0. The molecule has 0 saturated heterocycles. The first-order valence-corrected chi connectivity index (χ1v) is 19.9. The van der Waals surface area contributed by atoms with Crippen molar-refractivity contribution in [3.63, 3.8) is 0 Å². The molecule has 6 rings (SSSR count). The molecule has 5 aromatic carbocycles. The second-order valence-corrected chi connectivity index (χ2v) is 15.4. The van der Waals surface area contributed by atoms with Crippen molar-refractivity contribution in [1.82, 2.24) is 10.6 Å². The lowest BCUT2D eigenvalue weighted by molar-refractivity contribution is -0.145. The molecule has 0 heterocycles. The molecule has 5 aromatic rings. The van der Waals surface area contributed by atoms with Crippen molar-refractivity contribution in [3.05, 3.63) is 180 Å². The summed E-state index contributed by atoms with van der Waals surface area (Å²) in [5.74, 6) is -1.44. The zero-order valence-corrected chi connectivity index (χ0v) is 32.5. The van der Waals surface area contributed by atoms with Crippen LogP contribution in [0.2, 0.25) is 0 Å². The molecule has 0 fully saturated rings. The Balaban J connectivity index is 1.30. The number of amides is 2. The molecule has 0 aliphatic heterocycles. The van der Waals surface area contributed by atoms with Gasteiger partial charge in [-0.15, -0.1) is 11.8 Å². The Morgan fingerprint density at radius 2 is 1.21 bits per heavy atom. The molecule has 0 unspecified atom stereocenters. The van der Waals surface area contributed by atoms with Gasteiger partial charge in [0.05, 0.1) is 23.3 Å². The molecule has 0 aromatic heterocycles. The normalized spacial score (nSPS) is 13.8. The Hall–Kier alpha value is -5.64. The van der Waals surface area contributed by atoms with E-state index in [1.165, 1.54) is 17.8 Å². The lowest BCUT2D eigenvalue weighted by atomic mass is 9.84. The summed E-state index contributed by atoms with van der Waals surface area (Å²) in [6, 6.07) is 44.5. The molecule has 1 aliphatic carbocycles. The minimum absolute atomic E-state index is 0.0135. The molecule has 0 saturated carbocycles. The SMILES string of the molecule is C=CCOC(=O)C[C@H](O)[C@H](NC(=O)[C@@H](CSC(c1ccccc1)(c1ccccc1)c1ccccc1)NC(=O)OCC1c2ccccc2-c2ccccc21)C(C)C. The van der Waals surface area contributed by atoms with Crippen LogP contribution in [0.3, 0.4) is 0 Å². The van der Waals surface area contributed by atoms with Gasteiger partial charge in [-0.3, -0.25) is 9.59 Å². The van der Waals surface area contributed by atoms with E-state index in [0.717, 1.165) is 38.9 Å². The van der Waals surface area contributed by atoms with E-state index in [1.807, 2.05) is 92.7 Å². The number of aliphatic hydroxyl groups is 1. The maximum absolute atomic E-state index is 14.4. The molecule has 0 bridgehead atoms. The van der Waals surface area contributed by atoms with Gasteiger partial charge in [0.1, 0.15) is 19.3 Å². The van der Waals surface area contributed by atoms with Crippen molar-refractivity contribution in [2.45, 2.75) is 49.1 Å². The van der Waals surface area contributed by atoms with Gasteiger partial charge in [-0.05, 0) is 44.9 Å². The zero-order chi connectivity index (χ0) is 39.5. The van der Waals surface area contributed by atoms with Gasteiger partial charge in [0.2, 0.25) is 5.91 Å². The summed E-state index contributed by atoms with van der Waals surface area (Å²) < 4.78 is 10.3. The minimum Gasteiger partial charge on any atom is -0.461 e. The van der Waals surface area contributed by atoms with Crippen molar-refractivity contribution in [3.8, 4) is 11.1 Å². The molecule has 56 heavy (non-hydrogen) atoms. The van der Waals surface area contributed by atoms with Crippen LogP contribution in [0.5, 0.6) is 0 Å². The standard InChI is InChI=1S/C47H48N2O6S/c1-4-28-54-43(51)29-42(50)44(32(2)3)49-45(52)41(48-46(53)55-30-40-38-26-16-14-24-36(38)37-25-15-17-27-39(37)40)31-56-47(33-18-8-5-9-19-33,34-20-10-6-11-21-34)35-22-12-7-13-23-35/h4-27,32,40-42,44,50H,1,28-31H2,2-3H3,(H,48,53)(H,49,52)/t41-,42+,44-/m1/s1. The number of aliphatic hydroxyl groups excluding tert-OH is 1. The van der Waals surface area contributed by atoms with E-state index < -0.39 is 40.9 Å². The predicted octanol–water partition coefficient (Wildman–Crippen LogP) is 8.24. The fourth-order valence-corrected chi connectivity index (χ4v) is 8.98. The summed E-state index contributed by atoms with van der Waals surface area (Å²) >= 11 is 1.52. The number of carbonyl (C=O) groups excluding carboxylic acids is 3. The Bertz CT molecular complexity index is 1950. The average molecular weight is 769 g/mol. The number of nitrogens with one attached hydrogen (secondary N) is 2. The number of ether oxygens (including phenoxy) is 2. The van der Waals surface area contributed by atoms with Crippen LogP contribution in [0.4, 0.5) is 4.79 Å². The highest BCUT2D eigenvalue weighted by Crippen LogP contribution is 2.49. The van der Waals surface area contributed by atoms with E-state index >= 15 is 0 Å². The number of benzene rings is 5. The first kappa shape index (κ1) is 40.0. The maximum atomic E-state index is 14.4. The monoisotopic (exact) mass is 768 g/mol. The van der Waals surface area contributed by atoms with Crippen LogP contribution in [-0.4, -0.2) is 60.2 Å². The van der Waals surface area contributed by atoms with Gasteiger partial charge in [0, 0.05) is 11.7 Å². The van der Waals surface area contributed by atoms with E-state index in [-0.39, 0.29) is 37.2 Å². The second kappa shape index (κ2) is 18.8. The molecule has 3 atom stereocenters. The van der Waals surface area contributed by atoms with Crippen LogP contribution in [0.1, 0.15) is 54.0 Å². The van der Waals surface area contributed by atoms with E-state index in [4.69, 9.17) is 9.47 Å². The average Bonchev–Trinajstić information content (AvgIpc) is 3.55. The number of esters is 1. The fraction of sp³-hybridized carbons (Fsp3) is 0.255. The van der Waals surface area contributed by atoms with Crippen LogP contribution in [0, 0.1) is 5.92 Å².